The highest BCUT2D eigenvalue weighted by Gasteiger charge is 2.19. The molecule has 1 aromatic rings. The number of anilines is 1. The number of hydrogen-bond acceptors (Lipinski definition) is 4. The summed E-state index contributed by atoms with van der Waals surface area (Å²) in [5.41, 5.74) is 1.45. The number of carbonyl (C=O) groups excluding carboxylic acids is 1. The highest BCUT2D eigenvalue weighted by atomic mass is 16.5. The van der Waals surface area contributed by atoms with Gasteiger partial charge in [0.05, 0.1) is 13.2 Å². The normalized spacial score (nSPS) is 11.7. The first-order valence-corrected chi connectivity index (χ1v) is 5.94. The average molecular weight is 282 g/mol. The van der Waals surface area contributed by atoms with Crippen LogP contribution in [0.15, 0.2) is 24.3 Å². The number of benzene rings is 1. The Balaban J connectivity index is 2.61. The molecule has 0 heterocycles. The van der Waals surface area contributed by atoms with E-state index in [1.165, 1.54) is 7.11 Å². The molecule has 1 aromatic carbocycles. The minimum atomic E-state index is -1.16. The van der Waals surface area contributed by atoms with Crippen molar-refractivity contribution in [1.29, 1.82) is 0 Å². The zero-order valence-electron chi connectivity index (χ0n) is 11.4. The number of urea groups is 1. The fourth-order valence-electron chi connectivity index (χ4n) is 1.57. The molecule has 110 valence electrons. The predicted molar refractivity (Wildman–Crippen MR) is 72.6 cm³/mol. The molecule has 0 bridgehead atoms. The van der Waals surface area contributed by atoms with Gasteiger partial charge >= 0.3 is 12.0 Å². The molecule has 1 unspecified atom stereocenters. The smallest absolute Gasteiger partial charge is 0.328 e. The first-order valence-electron chi connectivity index (χ1n) is 5.94. The Morgan fingerprint density at radius 1 is 1.30 bits per heavy atom. The largest absolute Gasteiger partial charge is 0.480 e. The zero-order chi connectivity index (χ0) is 15.0. The van der Waals surface area contributed by atoms with Crippen molar-refractivity contribution >= 4 is 17.7 Å². The molecule has 3 N–H and O–H groups in total. The van der Waals surface area contributed by atoms with Gasteiger partial charge in [0.1, 0.15) is 0 Å². The molecule has 0 saturated heterocycles. The van der Waals surface area contributed by atoms with Crippen LogP contribution in [0.3, 0.4) is 0 Å². The highest BCUT2D eigenvalue weighted by Crippen LogP contribution is 2.11. The number of amides is 2. The van der Waals surface area contributed by atoms with Crippen LogP contribution in [-0.4, -0.2) is 44.0 Å². The highest BCUT2D eigenvalue weighted by molar-refractivity contribution is 5.92. The van der Waals surface area contributed by atoms with Crippen molar-refractivity contribution in [3.05, 3.63) is 29.8 Å². The van der Waals surface area contributed by atoms with Gasteiger partial charge < -0.3 is 25.2 Å². The number of nitrogens with one attached hydrogen (secondary N) is 2. The van der Waals surface area contributed by atoms with Gasteiger partial charge in [0, 0.05) is 19.9 Å². The van der Waals surface area contributed by atoms with Crippen molar-refractivity contribution in [2.45, 2.75) is 12.6 Å². The minimum Gasteiger partial charge on any atom is -0.480 e. The number of carboxylic acids is 1. The Morgan fingerprint density at radius 3 is 2.65 bits per heavy atom. The van der Waals surface area contributed by atoms with Gasteiger partial charge in [-0.05, 0) is 17.7 Å². The van der Waals surface area contributed by atoms with E-state index in [9.17, 15) is 9.59 Å². The summed E-state index contributed by atoms with van der Waals surface area (Å²) in [6.45, 7) is 0.324. The van der Waals surface area contributed by atoms with Crippen LogP contribution in [0.5, 0.6) is 0 Å². The van der Waals surface area contributed by atoms with E-state index in [2.05, 4.69) is 10.6 Å². The van der Waals surface area contributed by atoms with Crippen LogP contribution < -0.4 is 10.6 Å². The molecule has 0 aliphatic carbocycles. The van der Waals surface area contributed by atoms with E-state index >= 15 is 0 Å². The van der Waals surface area contributed by atoms with E-state index < -0.39 is 18.0 Å². The van der Waals surface area contributed by atoms with Gasteiger partial charge in [-0.3, -0.25) is 0 Å². The lowest BCUT2D eigenvalue weighted by Gasteiger charge is -2.14. The Labute approximate surface area is 116 Å². The third-order valence-electron chi connectivity index (χ3n) is 2.43. The van der Waals surface area contributed by atoms with Crippen LogP contribution in [0.25, 0.3) is 0 Å². The SMILES string of the molecule is COCc1cccc(NC(=O)NC(COC)C(=O)O)c1. The second-order valence-electron chi connectivity index (χ2n) is 4.08. The van der Waals surface area contributed by atoms with E-state index in [-0.39, 0.29) is 6.61 Å². The number of ether oxygens (including phenoxy) is 2. The molecule has 1 rings (SSSR count). The van der Waals surface area contributed by atoms with Gasteiger partial charge in [-0.1, -0.05) is 12.1 Å². The van der Waals surface area contributed by atoms with E-state index in [1.807, 2.05) is 6.07 Å². The summed E-state index contributed by atoms with van der Waals surface area (Å²) in [5.74, 6) is -1.16. The van der Waals surface area contributed by atoms with Crippen LogP contribution in [0.1, 0.15) is 5.56 Å². The van der Waals surface area contributed by atoms with E-state index in [0.717, 1.165) is 5.56 Å². The zero-order valence-corrected chi connectivity index (χ0v) is 11.4. The lowest BCUT2D eigenvalue weighted by atomic mass is 10.2. The molecule has 0 spiro atoms. The molecule has 0 aromatic heterocycles. The lowest BCUT2D eigenvalue weighted by Crippen LogP contribution is -2.45. The Hall–Kier alpha value is -2.12. The van der Waals surface area contributed by atoms with Crippen molar-refractivity contribution in [3.63, 3.8) is 0 Å². The molecular formula is C13H18N2O5. The predicted octanol–water partition coefficient (Wildman–Crippen LogP) is 1.05. The summed E-state index contributed by atoms with van der Waals surface area (Å²) < 4.78 is 9.72. The van der Waals surface area contributed by atoms with Crippen LogP contribution in [0.4, 0.5) is 10.5 Å². The molecule has 20 heavy (non-hydrogen) atoms. The number of aliphatic carboxylic acids is 1. The number of carboxylic acid groups (broad SMARTS) is 1. The van der Waals surface area contributed by atoms with Crippen molar-refractivity contribution < 1.29 is 24.2 Å². The van der Waals surface area contributed by atoms with Gasteiger partial charge in [-0.2, -0.15) is 0 Å². The first kappa shape index (κ1) is 15.9. The van der Waals surface area contributed by atoms with Gasteiger partial charge in [-0.15, -0.1) is 0 Å². The third kappa shape index (κ3) is 5.25. The van der Waals surface area contributed by atoms with Gasteiger partial charge in [0.25, 0.3) is 0 Å². The van der Waals surface area contributed by atoms with Gasteiger partial charge in [0.2, 0.25) is 0 Å². The number of methoxy groups -OCH3 is 2. The molecule has 0 aliphatic heterocycles. The maximum atomic E-state index is 11.7. The average Bonchev–Trinajstić information content (AvgIpc) is 2.38. The summed E-state index contributed by atoms with van der Waals surface area (Å²) in [7, 11) is 2.94. The Kier molecular flexibility index (Phi) is 6.48. The second-order valence-corrected chi connectivity index (χ2v) is 4.08. The fourth-order valence-corrected chi connectivity index (χ4v) is 1.57. The monoisotopic (exact) mass is 282 g/mol. The summed E-state index contributed by atoms with van der Waals surface area (Å²) in [6.07, 6.45) is 0. The summed E-state index contributed by atoms with van der Waals surface area (Å²) in [4.78, 5) is 22.6. The standard InChI is InChI=1S/C13H18N2O5/c1-19-7-9-4-3-5-10(6-9)14-13(18)15-11(8-20-2)12(16)17/h3-6,11H,7-8H2,1-2H3,(H,16,17)(H2,14,15,18). The Morgan fingerprint density at radius 2 is 2.05 bits per heavy atom. The molecule has 7 heteroatoms. The summed E-state index contributed by atoms with van der Waals surface area (Å²) in [5, 5.41) is 13.8. The Bertz CT molecular complexity index is 464. The number of rotatable bonds is 7. The third-order valence-corrected chi connectivity index (χ3v) is 2.43. The van der Waals surface area contributed by atoms with Gasteiger partial charge in [-0.25, -0.2) is 9.59 Å². The van der Waals surface area contributed by atoms with E-state index in [4.69, 9.17) is 14.6 Å². The van der Waals surface area contributed by atoms with Crippen molar-refractivity contribution in [3.8, 4) is 0 Å². The van der Waals surface area contributed by atoms with Crippen LogP contribution in [0.2, 0.25) is 0 Å². The maximum absolute atomic E-state index is 11.7. The fraction of sp³-hybridized carbons (Fsp3) is 0.385. The lowest BCUT2D eigenvalue weighted by molar-refractivity contribution is -0.140. The molecule has 1 atom stereocenters. The van der Waals surface area contributed by atoms with Crippen LogP contribution in [-0.2, 0) is 20.9 Å². The van der Waals surface area contributed by atoms with E-state index in [0.29, 0.717) is 12.3 Å². The van der Waals surface area contributed by atoms with Crippen molar-refractivity contribution in [2.75, 3.05) is 26.1 Å². The molecule has 7 nitrogen and oxygen atoms in total. The van der Waals surface area contributed by atoms with Crippen LogP contribution >= 0.6 is 0 Å². The summed E-state index contributed by atoms with van der Waals surface area (Å²) in [6, 6.07) is 5.37. The van der Waals surface area contributed by atoms with Crippen LogP contribution in [0, 0.1) is 0 Å². The maximum Gasteiger partial charge on any atom is 0.328 e. The molecular weight excluding hydrogens is 264 g/mol. The molecule has 0 aliphatic rings. The first-order chi connectivity index (χ1) is 9.56. The van der Waals surface area contributed by atoms with E-state index in [1.54, 1.807) is 25.3 Å². The number of hydrogen-bond donors (Lipinski definition) is 3. The topological polar surface area (TPSA) is 96.9 Å². The molecule has 0 fully saturated rings. The second kappa shape index (κ2) is 8.13. The number of carbonyl (C=O) groups is 2. The minimum absolute atomic E-state index is 0.105. The van der Waals surface area contributed by atoms with Crippen molar-refractivity contribution in [2.24, 2.45) is 0 Å². The quantitative estimate of drug-likeness (QED) is 0.694. The molecule has 0 radical (unpaired) electrons. The molecule has 0 saturated carbocycles. The summed E-state index contributed by atoms with van der Waals surface area (Å²) >= 11 is 0. The van der Waals surface area contributed by atoms with Gasteiger partial charge in [0.15, 0.2) is 6.04 Å². The molecule has 2 amide bonds. The van der Waals surface area contributed by atoms with Crippen molar-refractivity contribution in [1.82, 2.24) is 5.32 Å².